The van der Waals surface area contributed by atoms with Gasteiger partial charge in [0.2, 0.25) is 0 Å². The highest BCUT2D eigenvalue weighted by molar-refractivity contribution is 6.24. The van der Waals surface area contributed by atoms with E-state index in [2.05, 4.69) is 243 Å². The fourth-order valence-electron chi connectivity index (χ4n) is 12.5. The molecule has 0 fully saturated rings. The van der Waals surface area contributed by atoms with Crippen LogP contribution in [-0.4, -0.2) is 0 Å². The van der Waals surface area contributed by atoms with Crippen molar-refractivity contribution in [1.29, 1.82) is 0 Å². The Balaban J connectivity index is 0.973. The monoisotopic (exact) mass is 890 g/mol. The molecule has 2 heteroatoms. The van der Waals surface area contributed by atoms with Crippen molar-refractivity contribution >= 4 is 43.9 Å². The lowest BCUT2D eigenvalue weighted by Gasteiger charge is -2.31. The molecule has 2 heterocycles. The van der Waals surface area contributed by atoms with Gasteiger partial charge in [0.15, 0.2) is 0 Å². The van der Waals surface area contributed by atoms with Crippen molar-refractivity contribution < 1.29 is 8.83 Å². The molecule has 1 atom stereocenters. The SMILES string of the molecule is c1ccc(-c2ccc(C(c3ccc4c(c3)C3(c5ccccc5-c5ccccc53)c3ccccc3-4)c3ccc4c(c3)oc3c(-c5ccccc5-c5ccccc5)c5c(cc34)oc3ccccc35)cc2)cc1. The molecule has 0 saturated heterocycles. The zero-order valence-electron chi connectivity index (χ0n) is 38.1. The van der Waals surface area contributed by atoms with Gasteiger partial charge in [-0.25, -0.2) is 0 Å². The maximum absolute atomic E-state index is 7.32. The first-order valence-corrected chi connectivity index (χ1v) is 24.3. The predicted molar refractivity (Wildman–Crippen MR) is 287 cm³/mol. The van der Waals surface area contributed by atoms with Crippen molar-refractivity contribution in [2.24, 2.45) is 0 Å². The number of fused-ring (bicyclic) bond motifs is 16. The van der Waals surface area contributed by atoms with Crippen molar-refractivity contribution in [3.8, 4) is 55.6 Å². The van der Waals surface area contributed by atoms with E-state index in [9.17, 15) is 0 Å². The first-order chi connectivity index (χ1) is 34.7. The molecule has 70 heavy (non-hydrogen) atoms. The van der Waals surface area contributed by atoms with Crippen LogP contribution in [0.2, 0.25) is 0 Å². The molecule has 11 aromatic carbocycles. The molecule has 2 aliphatic rings. The molecule has 1 unspecified atom stereocenters. The van der Waals surface area contributed by atoms with Crippen LogP contribution >= 0.6 is 0 Å². The Morgan fingerprint density at radius 1 is 0.286 bits per heavy atom. The molecular formula is C68H42O2. The van der Waals surface area contributed by atoms with Gasteiger partial charge in [0.1, 0.15) is 22.3 Å². The van der Waals surface area contributed by atoms with Gasteiger partial charge in [-0.05, 0) is 107 Å². The molecule has 0 aliphatic heterocycles. The van der Waals surface area contributed by atoms with Gasteiger partial charge in [0.25, 0.3) is 0 Å². The highest BCUT2D eigenvalue weighted by Gasteiger charge is 2.51. The second-order valence-corrected chi connectivity index (χ2v) is 19.0. The highest BCUT2D eigenvalue weighted by atomic mass is 16.3. The van der Waals surface area contributed by atoms with E-state index in [0.29, 0.717) is 0 Å². The molecule has 326 valence electrons. The molecule has 2 aromatic heterocycles. The second-order valence-electron chi connectivity index (χ2n) is 19.0. The summed E-state index contributed by atoms with van der Waals surface area (Å²) in [4.78, 5) is 0. The van der Waals surface area contributed by atoms with E-state index in [1.54, 1.807) is 0 Å². The molecule has 0 N–H and O–H groups in total. The van der Waals surface area contributed by atoms with E-state index >= 15 is 0 Å². The van der Waals surface area contributed by atoms with Gasteiger partial charge in [-0.15, -0.1) is 0 Å². The average molecular weight is 891 g/mol. The van der Waals surface area contributed by atoms with Crippen molar-refractivity contribution in [3.05, 3.63) is 288 Å². The molecule has 2 aliphatic carbocycles. The topological polar surface area (TPSA) is 26.3 Å². The van der Waals surface area contributed by atoms with E-state index in [0.717, 1.165) is 71.7 Å². The molecule has 0 amide bonds. The summed E-state index contributed by atoms with van der Waals surface area (Å²) in [6.07, 6.45) is 0. The van der Waals surface area contributed by atoms with Crippen LogP contribution in [0.1, 0.15) is 44.9 Å². The number of benzene rings is 11. The van der Waals surface area contributed by atoms with Crippen LogP contribution in [0.3, 0.4) is 0 Å². The van der Waals surface area contributed by atoms with Crippen molar-refractivity contribution in [2.75, 3.05) is 0 Å². The van der Waals surface area contributed by atoms with E-state index in [1.165, 1.54) is 66.8 Å². The van der Waals surface area contributed by atoms with Gasteiger partial charge >= 0.3 is 0 Å². The Morgan fingerprint density at radius 3 is 1.49 bits per heavy atom. The zero-order valence-corrected chi connectivity index (χ0v) is 38.1. The number of hydrogen-bond acceptors (Lipinski definition) is 2. The summed E-state index contributed by atoms with van der Waals surface area (Å²) in [6, 6.07) is 91.1. The van der Waals surface area contributed by atoms with Crippen LogP contribution in [-0.2, 0) is 5.41 Å². The summed E-state index contributed by atoms with van der Waals surface area (Å²) in [7, 11) is 0. The fourth-order valence-corrected chi connectivity index (χ4v) is 12.5. The van der Waals surface area contributed by atoms with Crippen molar-refractivity contribution in [2.45, 2.75) is 11.3 Å². The average Bonchev–Trinajstić information content (AvgIpc) is 4.16. The molecule has 0 bridgehead atoms. The lowest BCUT2D eigenvalue weighted by atomic mass is 9.70. The van der Waals surface area contributed by atoms with Crippen LogP contribution in [0.5, 0.6) is 0 Å². The van der Waals surface area contributed by atoms with Crippen molar-refractivity contribution in [3.63, 3.8) is 0 Å². The highest BCUT2D eigenvalue weighted by Crippen LogP contribution is 2.63. The second kappa shape index (κ2) is 15.0. The summed E-state index contributed by atoms with van der Waals surface area (Å²) in [6.45, 7) is 0. The number of furan rings is 2. The zero-order chi connectivity index (χ0) is 45.9. The molecule has 13 aromatic rings. The molecule has 15 rings (SSSR count). The fraction of sp³-hybridized carbons (Fsp3) is 0.0294. The number of para-hydroxylation sites is 1. The Morgan fingerprint density at radius 2 is 0.800 bits per heavy atom. The van der Waals surface area contributed by atoms with Crippen molar-refractivity contribution in [1.82, 2.24) is 0 Å². The van der Waals surface area contributed by atoms with E-state index in [1.807, 2.05) is 6.07 Å². The maximum atomic E-state index is 7.32. The van der Waals surface area contributed by atoms with Crippen LogP contribution in [0.4, 0.5) is 0 Å². The minimum absolute atomic E-state index is 0.112. The maximum Gasteiger partial charge on any atom is 0.144 e. The van der Waals surface area contributed by atoms with E-state index < -0.39 is 5.41 Å². The predicted octanol–water partition coefficient (Wildman–Crippen LogP) is 18.0. The summed E-state index contributed by atoms with van der Waals surface area (Å²) in [5.41, 5.74) is 24.0. The molecule has 1 spiro atoms. The number of hydrogen-bond donors (Lipinski definition) is 0. The van der Waals surface area contributed by atoms with Crippen LogP contribution in [0, 0.1) is 0 Å². The third kappa shape index (κ3) is 5.50. The summed E-state index contributed by atoms with van der Waals surface area (Å²) in [5, 5.41) is 4.22. The Labute approximate surface area is 405 Å². The van der Waals surface area contributed by atoms with E-state index in [4.69, 9.17) is 8.83 Å². The normalized spacial score (nSPS) is 13.5. The van der Waals surface area contributed by atoms with Gasteiger partial charge in [-0.1, -0.05) is 231 Å². The largest absolute Gasteiger partial charge is 0.456 e. The van der Waals surface area contributed by atoms with Crippen LogP contribution < -0.4 is 0 Å². The van der Waals surface area contributed by atoms with Crippen LogP contribution in [0.25, 0.3) is 99.5 Å². The number of rotatable bonds is 6. The molecule has 0 radical (unpaired) electrons. The first kappa shape index (κ1) is 39.1. The first-order valence-electron chi connectivity index (χ1n) is 24.3. The quantitative estimate of drug-likeness (QED) is 0.156. The summed E-state index contributed by atoms with van der Waals surface area (Å²) in [5.74, 6) is -0.112. The summed E-state index contributed by atoms with van der Waals surface area (Å²) >= 11 is 0. The Hall–Kier alpha value is -8.98. The van der Waals surface area contributed by atoms with Crippen LogP contribution in [0.15, 0.2) is 258 Å². The molecular weight excluding hydrogens is 849 g/mol. The smallest absolute Gasteiger partial charge is 0.144 e. The Kier molecular flexibility index (Phi) is 8.38. The van der Waals surface area contributed by atoms with E-state index in [-0.39, 0.29) is 5.92 Å². The third-order valence-electron chi connectivity index (χ3n) is 15.4. The minimum Gasteiger partial charge on any atom is -0.456 e. The van der Waals surface area contributed by atoms with Gasteiger partial charge in [-0.2, -0.15) is 0 Å². The lowest BCUT2D eigenvalue weighted by molar-refractivity contribution is 0.664. The van der Waals surface area contributed by atoms with Gasteiger partial charge in [0.05, 0.1) is 5.41 Å². The lowest BCUT2D eigenvalue weighted by Crippen LogP contribution is -2.26. The van der Waals surface area contributed by atoms with Gasteiger partial charge in [-0.3, -0.25) is 0 Å². The Bertz CT molecular complexity index is 4170. The van der Waals surface area contributed by atoms with Gasteiger partial charge in [0, 0.05) is 33.0 Å². The third-order valence-corrected chi connectivity index (χ3v) is 15.4. The van der Waals surface area contributed by atoms with Gasteiger partial charge < -0.3 is 8.83 Å². The molecule has 0 saturated carbocycles. The molecule has 2 nitrogen and oxygen atoms in total. The minimum atomic E-state index is -0.451. The summed E-state index contributed by atoms with van der Waals surface area (Å²) < 4.78 is 14.0. The standard InChI is InChI=1S/C68H42O2/c1-3-17-42(18-4-1)43-31-33-45(34-32-43)64(46-35-37-52-51-24-11-15-29-59(51)68(60(52)39-46)57-27-13-9-22-49(57)50-23-10-14-28-58(50)68)47-36-38-53-56-41-63-65(55-26-12-16-30-61(55)69-63)66(67(56)70-62(53)40-47)54-25-8-7-21-48(54)44-19-5-2-6-20-44/h1-41,64H.